The van der Waals surface area contributed by atoms with E-state index in [2.05, 4.69) is 0 Å². The minimum atomic E-state index is -0.182. The summed E-state index contributed by atoms with van der Waals surface area (Å²) in [5.41, 5.74) is 2.20. The van der Waals surface area contributed by atoms with Gasteiger partial charge in [-0.3, -0.25) is 9.63 Å². The van der Waals surface area contributed by atoms with E-state index in [0.717, 1.165) is 5.56 Å². The number of likely N-dealkylation sites (N-methyl/N-ethyl adjacent to an activating group) is 1. The van der Waals surface area contributed by atoms with Gasteiger partial charge in [0, 0.05) is 13.1 Å². The van der Waals surface area contributed by atoms with E-state index in [1.54, 1.807) is 13.1 Å². The summed E-state index contributed by atoms with van der Waals surface area (Å²) in [6.07, 6.45) is 3.24. The molecule has 0 N–H and O–H groups in total. The van der Waals surface area contributed by atoms with Crippen LogP contribution in [0.5, 0.6) is 0 Å². The van der Waals surface area contributed by atoms with Crippen LogP contribution in [-0.4, -0.2) is 25.1 Å². The quantitative estimate of drug-likeness (QED) is 0.558. The number of aryl methyl sites for hydroxylation is 1. The summed E-state index contributed by atoms with van der Waals surface area (Å²) in [7, 11) is 3.03. The van der Waals surface area contributed by atoms with E-state index in [1.165, 1.54) is 23.8 Å². The normalized spacial score (nSPS) is 10.6. The van der Waals surface area contributed by atoms with Crippen LogP contribution in [0.1, 0.15) is 11.1 Å². The lowest BCUT2D eigenvalue weighted by Crippen LogP contribution is -2.22. The second-order valence-electron chi connectivity index (χ2n) is 3.26. The average molecular weight is 205 g/mol. The maximum atomic E-state index is 11.3. The first-order valence-electron chi connectivity index (χ1n) is 4.70. The zero-order chi connectivity index (χ0) is 11.3. The lowest BCUT2D eigenvalue weighted by Gasteiger charge is -2.09. The van der Waals surface area contributed by atoms with E-state index < -0.39 is 0 Å². The Morgan fingerprint density at radius 3 is 2.47 bits per heavy atom. The van der Waals surface area contributed by atoms with Crippen LogP contribution in [-0.2, 0) is 9.63 Å². The van der Waals surface area contributed by atoms with Crippen molar-refractivity contribution in [1.82, 2.24) is 5.06 Å². The van der Waals surface area contributed by atoms with Gasteiger partial charge in [0.2, 0.25) is 0 Å². The first-order chi connectivity index (χ1) is 7.13. The molecule has 0 aliphatic carbocycles. The number of hydrogen-bond donors (Lipinski definition) is 0. The number of nitrogens with zero attached hydrogens (tertiary/aromatic N) is 1. The molecule has 0 aromatic heterocycles. The first kappa shape index (κ1) is 11.5. The van der Waals surface area contributed by atoms with Crippen LogP contribution in [0.4, 0.5) is 0 Å². The molecule has 0 spiro atoms. The third-order valence-corrected chi connectivity index (χ3v) is 2.08. The van der Waals surface area contributed by atoms with Gasteiger partial charge in [-0.15, -0.1) is 0 Å². The summed E-state index contributed by atoms with van der Waals surface area (Å²) in [6.45, 7) is 2.03. The third-order valence-electron chi connectivity index (χ3n) is 2.08. The zero-order valence-electron chi connectivity index (χ0n) is 9.23. The van der Waals surface area contributed by atoms with Gasteiger partial charge in [0.05, 0.1) is 7.11 Å². The van der Waals surface area contributed by atoms with E-state index in [9.17, 15) is 4.79 Å². The van der Waals surface area contributed by atoms with E-state index in [1.807, 2.05) is 31.2 Å². The third kappa shape index (κ3) is 3.56. The Kier molecular flexibility index (Phi) is 4.06. The van der Waals surface area contributed by atoms with E-state index >= 15 is 0 Å². The van der Waals surface area contributed by atoms with Gasteiger partial charge in [-0.1, -0.05) is 29.8 Å². The van der Waals surface area contributed by atoms with Gasteiger partial charge in [0.1, 0.15) is 0 Å². The van der Waals surface area contributed by atoms with Crippen molar-refractivity contribution < 1.29 is 9.63 Å². The lowest BCUT2D eigenvalue weighted by atomic mass is 10.1. The van der Waals surface area contributed by atoms with E-state index in [4.69, 9.17) is 4.84 Å². The fourth-order valence-electron chi connectivity index (χ4n) is 1.04. The number of carbonyl (C=O) groups excluding carboxylic acids is 1. The Morgan fingerprint density at radius 1 is 1.33 bits per heavy atom. The van der Waals surface area contributed by atoms with Gasteiger partial charge in [0.25, 0.3) is 5.91 Å². The van der Waals surface area contributed by atoms with Crippen LogP contribution in [0.2, 0.25) is 0 Å². The van der Waals surface area contributed by atoms with Gasteiger partial charge in [-0.2, -0.15) is 0 Å². The van der Waals surface area contributed by atoms with Gasteiger partial charge in [-0.05, 0) is 18.6 Å². The van der Waals surface area contributed by atoms with Gasteiger partial charge >= 0.3 is 0 Å². The fourth-order valence-corrected chi connectivity index (χ4v) is 1.04. The Bertz CT molecular complexity index is 354. The maximum absolute atomic E-state index is 11.3. The number of amides is 1. The van der Waals surface area contributed by atoms with Crippen LogP contribution < -0.4 is 0 Å². The summed E-state index contributed by atoms with van der Waals surface area (Å²) in [4.78, 5) is 16.1. The van der Waals surface area contributed by atoms with Gasteiger partial charge in [0.15, 0.2) is 0 Å². The Morgan fingerprint density at radius 2 is 1.93 bits per heavy atom. The molecule has 0 unspecified atom stereocenters. The molecule has 0 fully saturated rings. The molecule has 1 aromatic rings. The van der Waals surface area contributed by atoms with E-state index in [-0.39, 0.29) is 5.91 Å². The molecule has 0 aliphatic rings. The summed E-state index contributed by atoms with van der Waals surface area (Å²) in [6, 6.07) is 7.94. The van der Waals surface area contributed by atoms with Crippen molar-refractivity contribution in [3.63, 3.8) is 0 Å². The molecule has 0 aliphatic heterocycles. The summed E-state index contributed by atoms with van der Waals surface area (Å²) >= 11 is 0. The fraction of sp³-hybridized carbons (Fsp3) is 0.250. The number of carbonyl (C=O) groups is 1. The molecule has 0 saturated carbocycles. The van der Waals surface area contributed by atoms with Crippen LogP contribution in [0.3, 0.4) is 0 Å². The molecule has 3 nitrogen and oxygen atoms in total. The summed E-state index contributed by atoms with van der Waals surface area (Å²) in [5, 5.41) is 1.17. The molecule has 15 heavy (non-hydrogen) atoms. The van der Waals surface area contributed by atoms with Crippen molar-refractivity contribution >= 4 is 12.0 Å². The van der Waals surface area contributed by atoms with E-state index in [0.29, 0.717) is 0 Å². The highest BCUT2D eigenvalue weighted by Crippen LogP contribution is 2.05. The molecule has 1 amide bonds. The second-order valence-corrected chi connectivity index (χ2v) is 3.26. The molecule has 0 heterocycles. The highest BCUT2D eigenvalue weighted by atomic mass is 16.7. The molecular weight excluding hydrogens is 190 g/mol. The van der Waals surface area contributed by atoms with Crippen molar-refractivity contribution in [3.8, 4) is 0 Å². The van der Waals surface area contributed by atoms with Crippen LogP contribution in [0, 0.1) is 6.92 Å². The topological polar surface area (TPSA) is 29.5 Å². The Labute approximate surface area is 89.9 Å². The standard InChI is InChI=1S/C12H15NO2/c1-10-4-6-11(7-5-10)8-9-12(14)13(2)15-3/h4-9H,1-3H3. The minimum Gasteiger partial charge on any atom is -0.274 e. The highest BCUT2D eigenvalue weighted by molar-refractivity contribution is 5.90. The summed E-state index contributed by atoms with van der Waals surface area (Å²) in [5.74, 6) is -0.182. The minimum absolute atomic E-state index is 0.182. The predicted molar refractivity (Wildman–Crippen MR) is 60.0 cm³/mol. The highest BCUT2D eigenvalue weighted by Gasteiger charge is 2.01. The largest absolute Gasteiger partial charge is 0.274 e. The second kappa shape index (κ2) is 5.32. The molecule has 1 rings (SSSR count). The predicted octanol–water partition coefficient (Wildman–Crippen LogP) is 2.03. The Hall–Kier alpha value is -1.61. The number of hydrogen-bond acceptors (Lipinski definition) is 2. The number of benzene rings is 1. The molecule has 0 radical (unpaired) electrons. The van der Waals surface area contributed by atoms with Crippen LogP contribution in [0.15, 0.2) is 30.3 Å². The lowest BCUT2D eigenvalue weighted by molar-refractivity contribution is -0.162. The first-order valence-corrected chi connectivity index (χ1v) is 4.70. The number of rotatable bonds is 3. The SMILES string of the molecule is CON(C)C(=O)C=Cc1ccc(C)cc1. The molecule has 0 bridgehead atoms. The zero-order valence-corrected chi connectivity index (χ0v) is 9.23. The molecule has 3 heteroatoms. The average Bonchev–Trinajstić information content (AvgIpc) is 2.26. The van der Waals surface area contributed by atoms with Crippen molar-refractivity contribution in [1.29, 1.82) is 0 Å². The smallest absolute Gasteiger partial charge is 0.269 e. The molecule has 80 valence electrons. The maximum Gasteiger partial charge on any atom is 0.269 e. The van der Waals surface area contributed by atoms with Crippen LogP contribution in [0.25, 0.3) is 6.08 Å². The summed E-state index contributed by atoms with van der Waals surface area (Å²) < 4.78 is 0. The monoisotopic (exact) mass is 205 g/mol. The Balaban J connectivity index is 2.65. The van der Waals surface area contributed by atoms with Gasteiger partial charge in [-0.25, -0.2) is 5.06 Å². The molecule has 0 atom stereocenters. The van der Waals surface area contributed by atoms with Gasteiger partial charge < -0.3 is 0 Å². The van der Waals surface area contributed by atoms with Crippen LogP contribution >= 0.6 is 0 Å². The van der Waals surface area contributed by atoms with Crippen molar-refractivity contribution in [2.24, 2.45) is 0 Å². The van der Waals surface area contributed by atoms with Crippen molar-refractivity contribution in [2.45, 2.75) is 6.92 Å². The number of hydroxylamine groups is 2. The molecular formula is C12H15NO2. The molecule has 1 aromatic carbocycles. The van der Waals surface area contributed by atoms with Crippen molar-refractivity contribution in [2.75, 3.05) is 14.2 Å². The molecule has 0 saturated heterocycles. The van der Waals surface area contributed by atoms with Crippen molar-refractivity contribution in [3.05, 3.63) is 41.5 Å².